The predicted molar refractivity (Wildman–Crippen MR) is 153 cm³/mol. The van der Waals surface area contributed by atoms with Gasteiger partial charge in [-0.1, -0.05) is 23.9 Å². The number of morpholine rings is 1. The van der Waals surface area contributed by atoms with Crippen molar-refractivity contribution in [2.24, 2.45) is 0 Å². The molecular formula is C29H28N4O6S. The Morgan fingerprint density at radius 2 is 1.90 bits per heavy atom. The first kappa shape index (κ1) is 26.0. The van der Waals surface area contributed by atoms with Gasteiger partial charge in [-0.15, -0.1) is 0 Å². The summed E-state index contributed by atoms with van der Waals surface area (Å²) < 4.78 is 23.3. The number of hydrogen-bond donors (Lipinski definition) is 1. The Balaban J connectivity index is 1.31. The van der Waals surface area contributed by atoms with E-state index < -0.39 is 0 Å². The first-order chi connectivity index (χ1) is 19.6. The van der Waals surface area contributed by atoms with E-state index in [1.54, 1.807) is 29.9 Å². The Hall–Kier alpha value is -4.22. The Labute approximate surface area is 234 Å². The van der Waals surface area contributed by atoms with Gasteiger partial charge in [0.25, 0.3) is 5.56 Å². The van der Waals surface area contributed by atoms with Crippen LogP contribution in [0.5, 0.6) is 17.2 Å². The fourth-order valence-electron chi connectivity index (χ4n) is 4.71. The summed E-state index contributed by atoms with van der Waals surface area (Å²) in [6.45, 7) is 3.27. The highest BCUT2D eigenvalue weighted by atomic mass is 32.2. The van der Waals surface area contributed by atoms with Crippen molar-refractivity contribution in [3.63, 3.8) is 0 Å². The number of amides is 1. The summed E-state index contributed by atoms with van der Waals surface area (Å²) in [6, 6.07) is 18.5. The average Bonchev–Trinajstić information content (AvgIpc) is 3.46. The fourth-order valence-corrected chi connectivity index (χ4v) is 5.50. The van der Waals surface area contributed by atoms with Gasteiger partial charge in [-0.2, -0.15) is 0 Å². The number of aromatic nitrogens is 2. The molecule has 0 aliphatic carbocycles. The van der Waals surface area contributed by atoms with Crippen LogP contribution in [0.2, 0.25) is 0 Å². The molecule has 1 aromatic heterocycles. The number of carbonyl (C=O) groups excluding carboxylic acids is 1. The molecule has 2 aliphatic rings. The van der Waals surface area contributed by atoms with E-state index in [4.69, 9.17) is 23.9 Å². The maximum atomic E-state index is 13.9. The highest BCUT2D eigenvalue weighted by Crippen LogP contribution is 2.33. The van der Waals surface area contributed by atoms with Crippen LogP contribution in [0, 0.1) is 0 Å². The molecule has 206 valence electrons. The van der Waals surface area contributed by atoms with Crippen molar-refractivity contribution in [1.29, 1.82) is 0 Å². The molecule has 0 bridgehead atoms. The van der Waals surface area contributed by atoms with Gasteiger partial charge in [0.05, 0.1) is 43.5 Å². The zero-order valence-corrected chi connectivity index (χ0v) is 22.7. The number of ether oxygens (including phenoxy) is 4. The Bertz CT molecular complexity index is 1620. The van der Waals surface area contributed by atoms with Crippen molar-refractivity contribution in [3.05, 3.63) is 76.6 Å². The number of fused-ring (bicyclic) bond motifs is 2. The Morgan fingerprint density at radius 3 is 2.75 bits per heavy atom. The minimum Gasteiger partial charge on any atom is -0.497 e. The number of anilines is 2. The summed E-state index contributed by atoms with van der Waals surface area (Å²) in [5.74, 6) is 1.82. The first-order valence-corrected chi connectivity index (χ1v) is 13.9. The third-order valence-corrected chi connectivity index (χ3v) is 7.72. The largest absolute Gasteiger partial charge is 0.497 e. The zero-order valence-electron chi connectivity index (χ0n) is 21.9. The smallest absolute Gasteiger partial charge is 0.262 e. The number of methoxy groups -OCH3 is 1. The van der Waals surface area contributed by atoms with Gasteiger partial charge in [0.1, 0.15) is 5.75 Å². The summed E-state index contributed by atoms with van der Waals surface area (Å²) in [4.78, 5) is 33.8. The molecule has 1 amide bonds. The molecule has 6 rings (SSSR count). The van der Waals surface area contributed by atoms with Crippen LogP contribution in [0.3, 0.4) is 0 Å². The molecule has 0 atom stereocenters. The van der Waals surface area contributed by atoms with Crippen molar-refractivity contribution in [2.45, 2.75) is 11.7 Å². The van der Waals surface area contributed by atoms with Gasteiger partial charge >= 0.3 is 0 Å². The standard InChI is InChI=1S/C29H28N4O6S/c1-36-22-4-2-3-20(14-22)30-27(34)17-40-29-31-24-7-6-21(32-9-11-37-12-10-32)15-23(24)28(35)33(29)16-19-5-8-25-26(13-19)39-18-38-25/h2-8,13-15H,9-12,16-18H2,1H3,(H,30,34). The molecule has 3 aromatic carbocycles. The topological polar surface area (TPSA) is 104 Å². The molecule has 0 saturated carbocycles. The molecular weight excluding hydrogens is 532 g/mol. The van der Waals surface area contributed by atoms with Crippen LogP contribution in [-0.4, -0.2) is 61.4 Å². The van der Waals surface area contributed by atoms with Crippen molar-refractivity contribution in [2.75, 3.05) is 56.2 Å². The van der Waals surface area contributed by atoms with Crippen molar-refractivity contribution < 1.29 is 23.7 Å². The predicted octanol–water partition coefficient (Wildman–Crippen LogP) is 3.75. The minimum atomic E-state index is -0.218. The van der Waals surface area contributed by atoms with E-state index in [-0.39, 0.29) is 30.6 Å². The molecule has 0 spiro atoms. The van der Waals surface area contributed by atoms with E-state index in [0.29, 0.717) is 52.2 Å². The van der Waals surface area contributed by atoms with E-state index >= 15 is 0 Å². The number of hydrogen-bond acceptors (Lipinski definition) is 9. The normalized spacial score (nSPS) is 14.4. The summed E-state index contributed by atoms with van der Waals surface area (Å²) in [5.41, 5.74) is 2.86. The van der Waals surface area contributed by atoms with Crippen molar-refractivity contribution in [3.8, 4) is 17.2 Å². The molecule has 1 N–H and O–H groups in total. The average molecular weight is 561 g/mol. The van der Waals surface area contributed by atoms with E-state index in [2.05, 4.69) is 10.2 Å². The van der Waals surface area contributed by atoms with Crippen molar-refractivity contribution in [1.82, 2.24) is 9.55 Å². The van der Waals surface area contributed by atoms with Crippen LogP contribution in [0.4, 0.5) is 11.4 Å². The molecule has 11 heteroatoms. The summed E-state index contributed by atoms with van der Waals surface area (Å²) in [5, 5.41) is 3.86. The van der Waals surface area contributed by atoms with Gasteiger partial charge < -0.3 is 29.2 Å². The molecule has 1 fully saturated rings. The number of benzene rings is 3. The van der Waals surface area contributed by atoms with Crippen LogP contribution in [-0.2, 0) is 16.1 Å². The molecule has 4 aromatic rings. The Morgan fingerprint density at radius 1 is 1.05 bits per heavy atom. The van der Waals surface area contributed by atoms with Gasteiger partial charge in [0, 0.05) is 30.5 Å². The number of nitrogens with zero attached hydrogens (tertiary/aromatic N) is 3. The molecule has 3 heterocycles. The second-order valence-electron chi connectivity index (χ2n) is 9.34. The first-order valence-electron chi connectivity index (χ1n) is 12.9. The van der Waals surface area contributed by atoms with E-state index in [1.807, 2.05) is 42.5 Å². The van der Waals surface area contributed by atoms with Crippen molar-refractivity contribution >= 4 is 39.9 Å². The highest BCUT2D eigenvalue weighted by molar-refractivity contribution is 7.99. The lowest BCUT2D eigenvalue weighted by Gasteiger charge is -2.29. The molecule has 2 aliphatic heterocycles. The fraction of sp³-hybridized carbons (Fsp3) is 0.276. The molecule has 1 saturated heterocycles. The van der Waals surface area contributed by atoms with Crippen LogP contribution in [0.15, 0.2) is 70.6 Å². The van der Waals surface area contributed by atoms with E-state index in [0.717, 1.165) is 24.3 Å². The lowest BCUT2D eigenvalue weighted by atomic mass is 10.1. The number of thioether (sulfide) groups is 1. The lowest BCUT2D eigenvalue weighted by Crippen LogP contribution is -2.36. The zero-order chi connectivity index (χ0) is 27.5. The minimum absolute atomic E-state index is 0.0716. The third kappa shape index (κ3) is 5.56. The highest BCUT2D eigenvalue weighted by Gasteiger charge is 2.19. The van der Waals surface area contributed by atoms with E-state index in [9.17, 15) is 9.59 Å². The van der Waals surface area contributed by atoms with Crippen LogP contribution in [0.25, 0.3) is 10.9 Å². The van der Waals surface area contributed by atoms with Gasteiger partial charge in [-0.05, 0) is 48.0 Å². The number of carbonyl (C=O) groups is 1. The summed E-state index contributed by atoms with van der Waals surface area (Å²) in [7, 11) is 1.57. The number of nitrogens with one attached hydrogen (secondary N) is 1. The Kier molecular flexibility index (Phi) is 7.47. The molecule has 0 radical (unpaired) electrons. The van der Waals surface area contributed by atoms with Gasteiger partial charge in [0.2, 0.25) is 12.7 Å². The summed E-state index contributed by atoms with van der Waals surface area (Å²) in [6.07, 6.45) is 0. The maximum Gasteiger partial charge on any atom is 0.262 e. The maximum absolute atomic E-state index is 13.9. The second-order valence-corrected chi connectivity index (χ2v) is 10.3. The van der Waals surface area contributed by atoms with Crippen LogP contribution >= 0.6 is 11.8 Å². The quantitative estimate of drug-likeness (QED) is 0.255. The lowest BCUT2D eigenvalue weighted by molar-refractivity contribution is -0.113. The van der Waals surface area contributed by atoms with Gasteiger partial charge in [-0.3, -0.25) is 14.2 Å². The van der Waals surface area contributed by atoms with Gasteiger partial charge in [-0.25, -0.2) is 4.98 Å². The second kappa shape index (κ2) is 11.5. The molecule has 40 heavy (non-hydrogen) atoms. The van der Waals surface area contributed by atoms with Gasteiger partial charge in [0.15, 0.2) is 16.7 Å². The molecule has 10 nitrogen and oxygen atoms in total. The van der Waals surface area contributed by atoms with E-state index in [1.165, 1.54) is 11.8 Å². The van der Waals surface area contributed by atoms with Crippen LogP contribution < -0.4 is 30.0 Å². The third-order valence-electron chi connectivity index (χ3n) is 6.74. The molecule has 0 unspecified atom stereocenters. The van der Waals surface area contributed by atoms with Crippen LogP contribution in [0.1, 0.15) is 5.56 Å². The summed E-state index contributed by atoms with van der Waals surface area (Å²) >= 11 is 1.22. The number of rotatable bonds is 8. The monoisotopic (exact) mass is 560 g/mol. The SMILES string of the molecule is COc1cccc(NC(=O)CSc2nc3ccc(N4CCOCC4)cc3c(=O)n2Cc2ccc3c(c2)OCO3)c1.